The van der Waals surface area contributed by atoms with Crippen molar-refractivity contribution in [3.05, 3.63) is 218 Å². The highest BCUT2D eigenvalue weighted by Gasteiger charge is 2.19. The van der Waals surface area contributed by atoms with Crippen LogP contribution < -0.4 is 0 Å². The van der Waals surface area contributed by atoms with Gasteiger partial charge in [0, 0.05) is 32.9 Å². The van der Waals surface area contributed by atoms with Gasteiger partial charge in [0.05, 0.1) is 22.1 Å². The number of benzene rings is 10. The molecule has 10 aromatic carbocycles. The van der Waals surface area contributed by atoms with Crippen LogP contribution in [0.4, 0.5) is 0 Å². The maximum absolute atomic E-state index is 2.46. The summed E-state index contributed by atoms with van der Waals surface area (Å²) >= 11 is 0. The summed E-state index contributed by atoms with van der Waals surface area (Å²) < 4.78 is 4.84. The molecule has 0 spiro atoms. The zero-order valence-corrected chi connectivity index (χ0v) is 34.9. The molecule has 0 aliphatic rings. The number of rotatable bonds is 7. The minimum atomic E-state index is 0.478. The van der Waals surface area contributed by atoms with Crippen molar-refractivity contribution in [3.8, 4) is 44.8 Å². The average Bonchev–Trinajstić information content (AvgIpc) is 3.85. The standard InChI is InChI=1S/C60H44N2/c1-3-39(2)43-29-35-57-53(37-43)54-38-44(40-25-31-45(32-26-40)61-55-23-13-11-17-47(55)48-18-12-14-24-56(48)61)30-36-58(54)62(57)46-33-27-42(28-34-46)60-51-21-9-7-19-49(51)59(41-15-5-4-6-16-41)50-20-8-10-22-52(50)60/h4-39H,3H2,1-2H3. The van der Waals surface area contributed by atoms with Crippen molar-refractivity contribution in [1.82, 2.24) is 9.13 Å². The fourth-order valence-electron chi connectivity index (χ4n) is 10.2. The van der Waals surface area contributed by atoms with Crippen molar-refractivity contribution < 1.29 is 0 Å². The second kappa shape index (κ2) is 14.5. The van der Waals surface area contributed by atoms with E-state index in [0.29, 0.717) is 5.92 Å². The Morgan fingerprint density at radius 1 is 0.323 bits per heavy atom. The number of hydrogen-bond acceptors (Lipinski definition) is 0. The number of hydrogen-bond donors (Lipinski definition) is 0. The van der Waals surface area contributed by atoms with Crippen molar-refractivity contribution in [1.29, 1.82) is 0 Å². The van der Waals surface area contributed by atoms with Gasteiger partial charge in [-0.2, -0.15) is 0 Å². The Kier molecular flexibility index (Phi) is 8.47. The fraction of sp³-hybridized carbons (Fsp3) is 0.0667. The molecule has 2 heteroatoms. The number of para-hydroxylation sites is 2. The van der Waals surface area contributed by atoms with E-state index in [1.807, 2.05) is 0 Å². The lowest BCUT2D eigenvalue weighted by Gasteiger charge is -2.18. The zero-order valence-electron chi connectivity index (χ0n) is 34.9. The van der Waals surface area contributed by atoms with Gasteiger partial charge in [0.2, 0.25) is 0 Å². The molecular weight excluding hydrogens is 749 g/mol. The molecule has 0 saturated heterocycles. The highest BCUT2D eigenvalue weighted by atomic mass is 15.0. The Labute approximate surface area is 361 Å². The summed E-state index contributed by atoms with van der Waals surface area (Å²) in [6, 6.07) is 78.6. The summed E-state index contributed by atoms with van der Waals surface area (Å²) in [6.07, 6.45) is 1.10. The molecule has 12 aromatic rings. The number of aromatic nitrogens is 2. The molecule has 1 unspecified atom stereocenters. The highest BCUT2D eigenvalue weighted by Crippen LogP contribution is 2.44. The third-order valence-corrected chi connectivity index (χ3v) is 13.4. The van der Waals surface area contributed by atoms with Gasteiger partial charge >= 0.3 is 0 Å². The van der Waals surface area contributed by atoms with Crippen molar-refractivity contribution >= 4 is 65.2 Å². The molecule has 0 aliphatic heterocycles. The summed E-state index contributed by atoms with van der Waals surface area (Å²) in [5.41, 5.74) is 16.0. The molecule has 0 amide bonds. The SMILES string of the molecule is CCC(C)c1ccc2c(c1)c1cc(-c3ccc(-n4c5ccccc5c5ccccc54)cc3)ccc1n2-c1ccc(-c2c3ccccc3c(-c3ccccc3)c3ccccc23)cc1. The Morgan fingerprint density at radius 3 is 1.23 bits per heavy atom. The molecule has 2 aromatic heterocycles. The monoisotopic (exact) mass is 792 g/mol. The van der Waals surface area contributed by atoms with Crippen molar-refractivity contribution in [2.45, 2.75) is 26.2 Å². The van der Waals surface area contributed by atoms with Crippen LogP contribution in [0.15, 0.2) is 212 Å². The molecule has 0 fully saturated rings. The van der Waals surface area contributed by atoms with Gasteiger partial charge in [-0.3, -0.25) is 0 Å². The molecule has 0 saturated carbocycles. The Balaban J connectivity index is 0.984. The van der Waals surface area contributed by atoms with Gasteiger partial charge in [0.15, 0.2) is 0 Å². The zero-order chi connectivity index (χ0) is 41.3. The molecule has 62 heavy (non-hydrogen) atoms. The van der Waals surface area contributed by atoms with Gasteiger partial charge in [-0.05, 0) is 133 Å². The number of fused-ring (bicyclic) bond motifs is 8. The fourth-order valence-corrected chi connectivity index (χ4v) is 10.2. The van der Waals surface area contributed by atoms with E-state index in [1.54, 1.807) is 0 Å². The molecule has 2 nitrogen and oxygen atoms in total. The maximum Gasteiger partial charge on any atom is 0.0541 e. The molecule has 0 radical (unpaired) electrons. The lowest BCUT2D eigenvalue weighted by Crippen LogP contribution is -1.95. The van der Waals surface area contributed by atoms with Crippen LogP contribution in [-0.2, 0) is 0 Å². The van der Waals surface area contributed by atoms with E-state index in [1.165, 1.54) is 110 Å². The summed E-state index contributed by atoms with van der Waals surface area (Å²) in [7, 11) is 0. The summed E-state index contributed by atoms with van der Waals surface area (Å²) in [5, 5.41) is 10.2. The number of nitrogens with zero attached hydrogens (tertiary/aromatic N) is 2. The predicted molar refractivity (Wildman–Crippen MR) is 265 cm³/mol. The van der Waals surface area contributed by atoms with E-state index in [-0.39, 0.29) is 0 Å². The molecule has 1 atom stereocenters. The maximum atomic E-state index is 2.46. The Hall–Kier alpha value is -7.68. The second-order valence-electron chi connectivity index (χ2n) is 16.8. The van der Waals surface area contributed by atoms with E-state index >= 15 is 0 Å². The highest BCUT2D eigenvalue weighted by molar-refractivity contribution is 6.21. The topological polar surface area (TPSA) is 9.86 Å². The molecule has 2 heterocycles. The molecule has 0 bridgehead atoms. The van der Waals surface area contributed by atoms with E-state index in [2.05, 4.69) is 235 Å². The van der Waals surface area contributed by atoms with Crippen LogP contribution in [0.5, 0.6) is 0 Å². The van der Waals surface area contributed by atoms with Crippen molar-refractivity contribution in [2.24, 2.45) is 0 Å². The molecule has 12 rings (SSSR count). The van der Waals surface area contributed by atoms with Crippen LogP contribution in [0, 0.1) is 0 Å². The predicted octanol–water partition coefficient (Wildman–Crippen LogP) is 16.7. The molecule has 0 aliphatic carbocycles. The third-order valence-electron chi connectivity index (χ3n) is 13.4. The van der Waals surface area contributed by atoms with Gasteiger partial charge in [0.25, 0.3) is 0 Å². The first-order valence-corrected chi connectivity index (χ1v) is 21.9. The van der Waals surface area contributed by atoms with Gasteiger partial charge < -0.3 is 9.13 Å². The Bertz CT molecular complexity index is 3550. The third kappa shape index (κ3) is 5.64. The summed E-state index contributed by atoms with van der Waals surface area (Å²) in [4.78, 5) is 0. The van der Waals surface area contributed by atoms with Crippen LogP contribution >= 0.6 is 0 Å². The lowest BCUT2D eigenvalue weighted by molar-refractivity contribution is 0.735. The van der Waals surface area contributed by atoms with Crippen LogP contribution in [0.1, 0.15) is 31.7 Å². The van der Waals surface area contributed by atoms with Crippen molar-refractivity contribution in [2.75, 3.05) is 0 Å². The molecule has 0 N–H and O–H groups in total. The van der Waals surface area contributed by atoms with Crippen molar-refractivity contribution in [3.63, 3.8) is 0 Å². The van der Waals surface area contributed by atoms with Crippen LogP contribution in [-0.4, -0.2) is 9.13 Å². The minimum Gasteiger partial charge on any atom is -0.309 e. The van der Waals surface area contributed by atoms with Gasteiger partial charge in [-0.1, -0.05) is 166 Å². The minimum absolute atomic E-state index is 0.478. The largest absolute Gasteiger partial charge is 0.309 e. The first kappa shape index (κ1) is 36.2. The van der Waals surface area contributed by atoms with Gasteiger partial charge in [-0.25, -0.2) is 0 Å². The summed E-state index contributed by atoms with van der Waals surface area (Å²) in [5.74, 6) is 0.478. The lowest BCUT2D eigenvalue weighted by atomic mass is 9.86. The van der Waals surface area contributed by atoms with Crippen LogP contribution in [0.25, 0.3) is 110 Å². The first-order chi connectivity index (χ1) is 30.6. The van der Waals surface area contributed by atoms with Gasteiger partial charge in [-0.15, -0.1) is 0 Å². The summed E-state index contributed by atoms with van der Waals surface area (Å²) in [6.45, 7) is 4.62. The van der Waals surface area contributed by atoms with Gasteiger partial charge in [0.1, 0.15) is 0 Å². The quantitative estimate of drug-likeness (QED) is 0.142. The van der Waals surface area contributed by atoms with E-state index < -0.39 is 0 Å². The average molecular weight is 793 g/mol. The molecule has 294 valence electrons. The normalized spacial score (nSPS) is 12.4. The van der Waals surface area contributed by atoms with Crippen LogP contribution in [0.2, 0.25) is 0 Å². The smallest absolute Gasteiger partial charge is 0.0541 e. The van der Waals surface area contributed by atoms with E-state index in [0.717, 1.165) is 12.1 Å². The second-order valence-corrected chi connectivity index (χ2v) is 16.8. The van der Waals surface area contributed by atoms with E-state index in [9.17, 15) is 0 Å². The first-order valence-electron chi connectivity index (χ1n) is 21.9. The van der Waals surface area contributed by atoms with Crippen LogP contribution in [0.3, 0.4) is 0 Å². The van der Waals surface area contributed by atoms with E-state index in [4.69, 9.17) is 0 Å². The Morgan fingerprint density at radius 2 is 0.710 bits per heavy atom. The molecular formula is C60H44N2.